The standard InChI is InChI=1S/C20H27N/c1-5-21(15-17-10-7-6-8-11-17)16-18-12-9-13-19(14-18)20(2,3)4/h6-14H,5,15-16H2,1-4H3. The van der Waals surface area contributed by atoms with Crippen LogP contribution in [0.3, 0.4) is 0 Å². The molecule has 0 aliphatic rings. The van der Waals surface area contributed by atoms with Crippen LogP contribution >= 0.6 is 0 Å². The second-order valence-corrected chi connectivity index (χ2v) is 6.74. The summed E-state index contributed by atoms with van der Waals surface area (Å²) < 4.78 is 0. The van der Waals surface area contributed by atoms with Crippen molar-refractivity contribution in [1.29, 1.82) is 0 Å². The molecule has 0 heterocycles. The van der Waals surface area contributed by atoms with Crippen molar-refractivity contribution >= 4 is 0 Å². The molecule has 0 fully saturated rings. The second-order valence-electron chi connectivity index (χ2n) is 6.74. The highest BCUT2D eigenvalue weighted by atomic mass is 15.1. The lowest BCUT2D eigenvalue weighted by Gasteiger charge is -2.23. The van der Waals surface area contributed by atoms with Gasteiger partial charge in [0.25, 0.3) is 0 Å². The zero-order chi connectivity index (χ0) is 15.3. The van der Waals surface area contributed by atoms with Gasteiger partial charge >= 0.3 is 0 Å². The first-order chi connectivity index (χ1) is 9.99. The van der Waals surface area contributed by atoms with E-state index >= 15 is 0 Å². The Hall–Kier alpha value is -1.60. The largest absolute Gasteiger partial charge is 0.295 e. The molecule has 2 aromatic carbocycles. The predicted octanol–water partition coefficient (Wildman–Crippen LogP) is 5.01. The molecular formula is C20H27N. The Kier molecular flexibility index (Phi) is 5.19. The van der Waals surface area contributed by atoms with Gasteiger partial charge < -0.3 is 0 Å². The Balaban J connectivity index is 2.08. The zero-order valence-electron chi connectivity index (χ0n) is 13.8. The number of rotatable bonds is 5. The summed E-state index contributed by atoms with van der Waals surface area (Å²) in [5.74, 6) is 0. The highest BCUT2D eigenvalue weighted by molar-refractivity contribution is 5.28. The SMILES string of the molecule is CCN(Cc1ccccc1)Cc1cccc(C(C)(C)C)c1. The van der Waals surface area contributed by atoms with Crippen molar-refractivity contribution in [2.24, 2.45) is 0 Å². The lowest BCUT2D eigenvalue weighted by atomic mass is 9.86. The minimum atomic E-state index is 0.215. The van der Waals surface area contributed by atoms with E-state index in [4.69, 9.17) is 0 Å². The average Bonchev–Trinajstić information content (AvgIpc) is 2.47. The molecule has 0 aromatic heterocycles. The number of hydrogen-bond donors (Lipinski definition) is 0. The van der Waals surface area contributed by atoms with Gasteiger partial charge in [-0.25, -0.2) is 0 Å². The van der Waals surface area contributed by atoms with Gasteiger partial charge in [-0.15, -0.1) is 0 Å². The molecule has 0 saturated heterocycles. The molecule has 0 radical (unpaired) electrons. The molecule has 2 rings (SSSR count). The van der Waals surface area contributed by atoms with Crippen LogP contribution in [0.5, 0.6) is 0 Å². The number of hydrogen-bond acceptors (Lipinski definition) is 1. The summed E-state index contributed by atoms with van der Waals surface area (Å²) in [7, 11) is 0. The molecule has 0 spiro atoms. The summed E-state index contributed by atoms with van der Waals surface area (Å²) in [6.45, 7) is 12.1. The first kappa shape index (κ1) is 15.8. The van der Waals surface area contributed by atoms with Crippen LogP contribution in [-0.4, -0.2) is 11.4 Å². The molecule has 0 aliphatic heterocycles. The van der Waals surface area contributed by atoms with Gasteiger partial charge in [0.15, 0.2) is 0 Å². The van der Waals surface area contributed by atoms with Crippen LogP contribution in [0.4, 0.5) is 0 Å². The van der Waals surface area contributed by atoms with Crippen LogP contribution in [0, 0.1) is 0 Å². The first-order valence-corrected chi connectivity index (χ1v) is 7.84. The topological polar surface area (TPSA) is 3.24 Å². The van der Waals surface area contributed by atoms with E-state index in [2.05, 4.69) is 87.2 Å². The van der Waals surface area contributed by atoms with Crippen molar-refractivity contribution in [3.8, 4) is 0 Å². The smallest absolute Gasteiger partial charge is 0.0237 e. The van der Waals surface area contributed by atoms with Crippen molar-refractivity contribution < 1.29 is 0 Å². The van der Waals surface area contributed by atoms with Gasteiger partial charge in [-0.1, -0.05) is 82.3 Å². The summed E-state index contributed by atoms with van der Waals surface area (Å²) in [5.41, 5.74) is 4.41. The fraction of sp³-hybridized carbons (Fsp3) is 0.400. The van der Waals surface area contributed by atoms with Gasteiger partial charge in [-0.2, -0.15) is 0 Å². The van der Waals surface area contributed by atoms with Crippen LogP contribution in [0.15, 0.2) is 54.6 Å². The summed E-state index contributed by atoms with van der Waals surface area (Å²) >= 11 is 0. The van der Waals surface area contributed by atoms with E-state index in [9.17, 15) is 0 Å². The maximum atomic E-state index is 2.48. The lowest BCUT2D eigenvalue weighted by molar-refractivity contribution is 0.271. The Labute approximate surface area is 129 Å². The maximum absolute atomic E-state index is 2.48. The van der Waals surface area contributed by atoms with Gasteiger partial charge in [-0.3, -0.25) is 4.90 Å². The third-order valence-corrected chi connectivity index (χ3v) is 3.90. The molecule has 112 valence electrons. The molecule has 0 unspecified atom stereocenters. The monoisotopic (exact) mass is 281 g/mol. The second kappa shape index (κ2) is 6.91. The van der Waals surface area contributed by atoms with Crippen LogP contribution in [0.2, 0.25) is 0 Å². The number of nitrogens with zero attached hydrogens (tertiary/aromatic N) is 1. The molecule has 0 amide bonds. The molecule has 2 aromatic rings. The molecule has 1 heteroatoms. The third kappa shape index (κ3) is 4.71. The molecule has 0 atom stereocenters. The zero-order valence-corrected chi connectivity index (χ0v) is 13.8. The van der Waals surface area contributed by atoms with Gasteiger partial charge in [0, 0.05) is 13.1 Å². The summed E-state index contributed by atoms with van der Waals surface area (Å²) in [6, 6.07) is 19.7. The average molecular weight is 281 g/mol. The van der Waals surface area contributed by atoms with Crippen LogP contribution in [0.1, 0.15) is 44.4 Å². The Morgan fingerprint density at radius 2 is 1.43 bits per heavy atom. The third-order valence-electron chi connectivity index (χ3n) is 3.90. The quantitative estimate of drug-likeness (QED) is 0.745. The van der Waals surface area contributed by atoms with Crippen molar-refractivity contribution in [3.05, 3.63) is 71.3 Å². The van der Waals surface area contributed by atoms with Crippen LogP contribution in [-0.2, 0) is 18.5 Å². The molecule has 0 saturated carbocycles. The van der Waals surface area contributed by atoms with Crippen molar-refractivity contribution in [1.82, 2.24) is 4.90 Å². The molecule has 0 aliphatic carbocycles. The highest BCUT2D eigenvalue weighted by Gasteiger charge is 2.14. The van der Waals surface area contributed by atoms with Crippen LogP contribution in [0.25, 0.3) is 0 Å². The molecule has 0 bridgehead atoms. The predicted molar refractivity (Wildman–Crippen MR) is 91.4 cm³/mol. The Morgan fingerprint density at radius 1 is 0.810 bits per heavy atom. The molecular weight excluding hydrogens is 254 g/mol. The maximum Gasteiger partial charge on any atom is 0.0237 e. The summed E-state index contributed by atoms with van der Waals surface area (Å²) in [5, 5.41) is 0. The van der Waals surface area contributed by atoms with E-state index in [1.807, 2.05) is 0 Å². The van der Waals surface area contributed by atoms with Gasteiger partial charge in [0.1, 0.15) is 0 Å². The molecule has 0 N–H and O–H groups in total. The molecule has 21 heavy (non-hydrogen) atoms. The lowest BCUT2D eigenvalue weighted by Crippen LogP contribution is -2.22. The van der Waals surface area contributed by atoms with Crippen molar-refractivity contribution in [2.75, 3.05) is 6.54 Å². The van der Waals surface area contributed by atoms with Gasteiger partial charge in [0.05, 0.1) is 0 Å². The first-order valence-electron chi connectivity index (χ1n) is 7.84. The van der Waals surface area contributed by atoms with Gasteiger partial charge in [0.2, 0.25) is 0 Å². The van der Waals surface area contributed by atoms with E-state index in [0.29, 0.717) is 0 Å². The fourth-order valence-corrected chi connectivity index (χ4v) is 2.52. The molecule has 1 nitrogen and oxygen atoms in total. The van der Waals surface area contributed by atoms with Crippen molar-refractivity contribution in [3.63, 3.8) is 0 Å². The highest BCUT2D eigenvalue weighted by Crippen LogP contribution is 2.23. The normalized spacial score (nSPS) is 11.9. The minimum Gasteiger partial charge on any atom is -0.295 e. The fourth-order valence-electron chi connectivity index (χ4n) is 2.52. The van der Waals surface area contributed by atoms with Gasteiger partial charge in [-0.05, 0) is 28.7 Å². The van der Waals surface area contributed by atoms with E-state index in [-0.39, 0.29) is 5.41 Å². The summed E-state index contributed by atoms with van der Waals surface area (Å²) in [6.07, 6.45) is 0. The van der Waals surface area contributed by atoms with E-state index in [1.165, 1.54) is 16.7 Å². The van der Waals surface area contributed by atoms with Crippen LogP contribution < -0.4 is 0 Å². The Bertz CT molecular complexity index is 552. The minimum absolute atomic E-state index is 0.215. The Morgan fingerprint density at radius 3 is 2.05 bits per heavy atom. The summed E-state index contributed by atoms with van der Waals surface area (Å²) in [4.78, 5) is 2.48. The van der Waals surface area contributed by atoms with E-state index in [1.54, 1.807) is 0 Å². The van der Waals surface area contributed by atoms with E-state index in [0.717, 1.165) is 19.6 Å². The van der Waals surface area contributed by atoms with E-state index < -0.39 is 0 Å². The van der Waals surface area contributed by atoms with Crippen molar-refractivity contribution in [2.45, 2.75) is 46.2 Å². The number of benzene rings is 2.